The van der Waals surface area contributed by atoms with Gasteiger partial charge in [-0.15, -0.1) is 10.2 Å². The van der Waals surface area contributed by atoms with Gasteiger partial charge in [0.1, 0.15) is 0 Å². The number of rotatable bonds is 8. The van der Waals surface area contributed by atoms with Gasteiger partial charge in [0.25, 0.3) is 0 Å². The molecule has 0 aliphatic rings. The Morgan fingerprint density at radius 2 is 1.82 bits per heavy atom. The van der Waals surface area contributed by atoms with Crippen molar-refractivity contribution in [1.82, 2.24) is 14.8 Å². The van der Waals surface area contributed by atoms with Crippen LogP contribution in [0.15, 0.2) is 53.7 Å². The zero-order chi connectivity index (χ0) is 20.1. The first-order valence-electron chi connectivity index (χ1n) is 8.95. The van der Waals surface area contributed by atoms with E-state index >= 15 is 0 Å². The molecule has 3 rings (SSSR count). The van der Waals surface area contributed by atoms with Crippen LogP contribution in [0.1, 0.15) is 22.8 Å². The first kappa shape index (κ1) is 20.6. The second kappa shape index (κ2) is 9.37. The number of aryl methyl sites for hydroxylation is 1. The fourth-order valence-electron chi connectivity index (χ4n) is 2.74. The van der Waals surface area contributed by atoms with Crippen molar-refractivity contribution in [3.63, 3.8) is 0 Å². The number of hydrogen-bond acceptors (Lipinski definition) is 5. The summed E-state index contributed by atoms with van der Waals surface area (Å²) in [6.07, 6.45) is 0. The Morgan fingerprint density at radius 1 is 1.14 bits per heavy atom. The highest BCUT2D eigenvalue weighted by molar-refractivity contribution is 8.00. The van der Waals surface area contributed by atoms with Crippen molar-refractivity contribution >= 4 is 29.1 Å². The minimum Gasteiger partial charge on any atom is -0.383 e. The number of ketones is 1. The SMILES string of the molecule is COCCn1c(S[C@H](C)C(=O)c2ccc(C)cc2)nnc1-c1ccc(Cl)cc1. The van der Waals surface area contributed by atoms with E-state index in [4.69, 9.17) is 16.3 Å². The Morgan fingerprint density at radius 3 is 2.46 bits per heavy atom. The highest BCUT2D eigenvalue weighted by Gasteiger charge is 2.21. The standard InChI is InChI=1S/C21H22ClN3O2S/c1-14-4-6-16(7-5-14)19(26)15(2)28-21-24-23-20(25(21)12-13-27-3)17-8-10-18(22)11-9-17/h4-11,15H,12-13H2,1-3H3/t15-/m1/s1. The maximum Gasteiger partial charge on any atom is 0.192 e. The van der Waals surface area contributed by atoms with Crippen molar-refractivity contribution in [2.45, 2.75) is 30.8 Å². The number of thioether (sulfide) groups is 1. The summed E-state index contributed by atoms with van der Waals surface area (Å²) in [6, 6.07) is 15.1. The van der Waals surface area contributed by atoms with E-state index in [0.717, 1.165) is 17.0 Å². The molecule has 0 fully saturated rings. The van der Waals surface area contributed by atoms with E-state index < -0.39 is 0 Å². The molecule has 0 amide bonds. The highest BCUT2D eigenvalue weighted by atomic mass is 35.5. The largest absolute Gasteiger partial charge is 0.383 e. The summed E-state index contributed by atoms with van der Waals surface area (Å²) in [6.45, 7) is 5.01. The van der Waals surface area contributed by atoms with Gasteiger partial charge in [-0.3, -0.25) is 9.36 Å². The van der Waals surface area contributed by atoms with Crippen LogP contribution in [0.4, 0.5) is 0 Å². The van der Waals surface area contributed by atoms with Gasteiger partial charge in [-0.05, 0) is 38.1 Å². The molecule has 0 aliphatic carbocycles. The first-order chi connectivity index (χ1) is 13.5. The van der Waals surface area contributed by atoms with Crippen LogP contribution in [0.2, 0.25) is 5.02 Å². The van der Waals surface area contributed by atoms with Gasteiger partial charge in [0.05, 0.1) is 18.4 Å². The molecule has 0 N–H and O–H groups in total. The lowest BCUT2D eigenvalue weighted by atomic mass is 10.1. The molecule has 5 nitrogen and oxygen atoms in total. The van der Waals surface area contributed by atoms with Gasteiger partial charge in [-0.2, -0.15) is 0 Å². The molecule has 1 aromatic heterocycles. The van der Waals surface area contributed by atoms with Gasteiger partial charge in [0, 0.05) is 23.3 Å². The van der Waals surface area contributed by atoms with Crippen molar-refractivity contribution < 1.29 is 9.53 Å². The smallest absolute Gasteiger partial charge is 0.192 e. The number of halogens is 1. The van der Waals surface area contributed by atoms with Gasteiger partial charge >= 0.3 is 0 Å². The van der Waals surface area contributed by atoms with E-state index in [0.29, 0.717) is 28.9 Å². The topological polar surface area (TPSA) is 57.0 Å². The molecule has 146 valence electrons. The van der Waals surface area contributed by atoms with E-state index in [1.165, 1.54) is 11.8 Å². The molecule has 2 aromatic carbocycles. The highest BCUT2D eigenvalue weighted by Crippen LogP contribution is 2.29. The van der Waals surface area contributed by atoms with Crippen molar-refractivity contribution in [3.05, 3.63) is 64.7 Å². The predicted molar refractivity (Wildman–Crippen MR) is 113 cm³/mol. The summed E-state index contributed by atoms with van der Waals surface area (Å²) >= 11 is 7.40. The fourth-order valence-corrected chi connectivity index (χ4v) is 3.82. The molecule has 1 atom stereocenters. The maximum absolute atomic E-state index is 12.8. The van der Waals surface area contributed by atoms with Crippen LogP contribution >= 0.6 is 23.4 Å². The number of hydrogen-bond donors (Lipinski definition) is 0. The lowest BCUT2D eigenvalue weighted by molar-refractivity contribution is 0.0994. The summed E-state index contributed by atoms with van der Waals surface area (Å²) in [5, 5.41) is 9.75. The molecular formula is C21H22ClN3O2S. The van der Waals surface area contributed by atoms with Crippen LogP contribution in [0.5, 0.6) is 0 Å². The number of methoxy groups -OCH3 is 1. The van der Waals surface area contributed by atoms with Crippen molar-refractivity contribution in [3.8, 4) is 11.4 Å². The van der Waals surface area contributed by atoms with Crippen LogP contribution in [-0.4, -0.2) is 39.5 Å². The second-order valence-electron chi connectivity index (χ2n) is 6.45. The number of carbonyl (C=O) groups is 1. The molecule has 28 heavy (non-hydrogen) atoms. The normalized spacial score (nSPS) is 12.1. The van der Waals surface area contributed by atoms with E-state index in [1.807, 2.05) is 66.9 Å². The molecule has 0 spiro atoms. The summed E-state index contributed by atoms with van der Waals surface area (Å²) in [7, 11) is 1.66. The maximum atomic E-state index is 12.8. The van der Waals surface area contributed by atoms with Crippen molar-refractivity contribution in [1.29, 1.82) is 0 Å². The molecule has 1 heterocycles. The predicted octanol–water partition coefficient (Wildman–Crippen LogP) is 4.92. The Balaban J connectivity index is 1.85. The van der Waals surface area contributed by atoms with Gasteiger partial charge in [0.15, 0.2) is 16.8 Å². The van der Waals surface area contributed by atoms with Crippen LogP contribution in [0.25, 0.3) is 11.4 Å². The number of nitrogens with zero attached hydrogens (tertiary/aromatic N) is 3. The number of ether oxygens (including phenoxy) is 1. The Bertz CT molecular complexity index is 939. The second-order valence-corrected chi connectivity index (χ2v) is 8.19. The summed E-state index contributed by atoms with van der Waals surface area (Å²) in [5.74, 6) is 0.797. The fraction of sp³-hybridized carbons (Fsp3) is 0.286. The van der Waals surface area contributed by atoms with Gasteiger partial charge < -0.3 is 4.74 Å². The quantitative estimate of drug-likeness (QED) is 0.386. The molecular weight excluding hydrogens is 394 g/mol. The number of aromatic nitrogens is 3. The van der Waals surface area contributed by atoms with E-state index in [1.54, 1.807) is 7.11 Å². The third kappa shape index (κ3) is 4.82. The number of carbonyl (C=O) groups excluding carboxylic acids is 1. The monoisotopic (exact) mass is 415 g/mol. The number of Topliss-reactive ketones (excluding diaryl/α,β-unsaturated/α-hetero) is 1. The molecule has 0 aliphatic heterocycles. The lowest BCUT2D eigenvalue weighted by Gasteiger charge is -2.13. The van der Waals surface area contributed by atoms with Crippen molar-refractivity contribution in [2.75, 3.05) is 13.7 Å². The minimum atomic E-state index is -0.286. The zero-order valence-corrected chi connectivity index (χ0v) is 17.6. The Kier molecular flexibility index (Phi) is 6.88. The zero-order valence-electron chi connectivity index (χ0n) is 16.1. The van der Waals surface area contributed by atoms with E-state index in [2.05, 4.69) is 10.2 Å². The van der Waals surface area contributed by atoms with Gasteiger partial charge in [-0.1, -0.05) is 53.2 Å². The third-order valence-corrected chi connectivity index (χ3v) is 5.66. The molecule has 0 radical (unpaired) electrons. The molecule has 7 heteroatoms. The summed E-state index contributed by atoms with van der Waals surface area (Å²) in [5.41, 5.74) is 2.74. The molecule has 0 unspecified atom stereocenters. The summed E-state index contributed by atoms with van der Waals surface area (Å²) < 4.78 is 7.22. The minimum absolute atomic E-state index is 0.0688. The van der Waals surface area contributed by atoms with Gasteiger partial charge in [0.2, 0.25) is 0 Å². The molecule has 3 aromatic rings. The molecule has 0 saturated heterocycles. The molecule has 0 saturated carbocycles. The average Bonchev–Trinajstić information content (AvgIpc) is 3.09. The van der Waals surface area contributed by atoms with Crippen LogP contribution in [0, 0.1) is 6.92 Å². The van der Waals surface area contributed by atoms with E-state index in [9.17, 15) is 4.79 Å². The van der Waals surface area contributed by atoms with Crippen LogP contribution in [0.3, 0.4) is 0 Å². The lowest BCUT2D eigenvalue weighted by Crippen LogP contribution is -2.15. The molecule has 0 bridgehead atoms. The Hall–Kier alpha value is -2.15. The van der Waals surface area contributed by atoms with Crippen molar-refractivity contribution in [2.24, 2.45) is 0 Å². The summed E-state index contributed by atoms with van der Waals surface area (Å²) in [4.78, 5) is 12.8. The van der Waals surface area contributed by atoms with Crippen LogP contribution < -0.4 is 0 Å². The van der Waals surface area contributed by atoms with Gasteiger partial charge in [-0.25, -0.2) is 0 Å². The first-order valence-corrected chi connectivity index (χ1v) is 10.2. The van der Waals surface area contributed by atoms with Crippen LogP contribution in [-0.2, 0) is 11.3 Å². The Labute approximate surface area is 174 Å². The number of benzene rings is 2. The average molecular weight is 416 g/mol. The third-order valence-electron chi connectivity index (χ3n) is 4.33. The van der Waals surface area contributed by atoms with E-state index in [-0.39, 0.29) is 11.0 Å².